The normalized spacial score (nSPS) is 12.7. The second-order valence-electron chi connectivity index (χ2n) is 3.64. The molecule has 0 aromatic heterocycles. The first kappa shape index (κ1) is 13.7. The zero-order valence-corrected chi connectivity index (χ0v) is 10.7. The minimum atomic E-state index is -4.63. The van der Waals surface area contributed by atoms with Crippen LogP contribution in [0.1, 0.15) is 0 Å². The smallest absolute Gasteiger partial charge is 0.295 e. The number of benzene rings is 2. The zero-order valence-electron chi connectivity index (χ0n) is 9.10. The Morgan fingerprint density at radius 3 is 1.89 bits per heavy atom. The number of rotatable bonds is 2. The lowest BCUT2D eigenvalue weighted by molar-refractivity contribution is 0.474. The average Bonchev–Trinajstić information content (AvgIpc) is 2.24. The van der Waals surface area contributed by atoms with Crippen LogP contribution in [-0.2, 0) is 20.2 Å². The average molecular weight is 303 g/mol. The van der Waals surface area contributed by atoms with Gasteiger partial charge in [0.2, 0.25) is 0 Å². The van der Waals surface area contributed by atoms with Crippen LogP contribution in [0.5, 0.6) is 5.75 Å². The molecular weight excluding hydrogens is 296 g/mol. The number of fused-ring (bicyclic) bond motifs is 1. The van der Waals surface area contributed by atoms with Crippen LogP contribution in [0.25, 0.3) is 10.8 Å². The molecule has 0 saturated carbocycles. The van der Waals surface area contributed by atoms with Gasteiger partial charge in [0.05, 0.1) is 0 Å². The Morgan fingerprint density at radius 1 is 0.842 bits per heavy atom. The number of phenolic OH excluding ortho intramolecular Hbond substituents is 1. The standard InChI is InChI=1S/C10H7O7S2/c11-6-1-2-7-8(5-6)10(19(15,16)17)4-3-9(7)18(12,13)14/h1-4,11H,(H,12,13,14)(H,15,16,17). The summed E-state index contributed by atoms with van der Waals surface area (Å²) in [5, 5.41) is 8.75. The molecule has 0 amide bonds. The van der Waals surface area contributed by atoms with Crippen molar-refractivity contribution >= 4 is 31.0 Å². The Kier molecular flexibility index (Phi) is 3.01. The third-order valence-electron chi connectivity index (χ3n) is 2.38. The van der Waals surface area contributed by atoms with Crippen molar-refractivity contribution < 1.29 is 31.0 Å². The minimum Gasteiger partial charge on any atom is -0.507 e. The van der Waals surface area contributed by atoms with E-state index in [1.54, 1.807) is 0 Å². The van der Waals surface area contributed by atoms with E-state index in [2.05, 4.69) is 6.07 Å². The third-order valence-corrected chi connectivity index (χ3v) is 4.19. The van der Waals surface area contributed by atoms with E-state index in [1.807, 2.05) is 0 Å². The summed E-state index contributed by atoms with van der Waals surface area (Å²) >= 11 is 0. The minimum absolute atomic E-state index is 0.185. The highest BCUT2D eigenvalue weighted by molar-refractivity contribution is 7.86. The summed E-state index contributed by atoms with van der Waals surface area (Å²) in [6.07, 6.45) is 0. The highest BCUT2D eigenvalue weighted by Gasteiger charge is 2.21. The lowest BCUT2D eigenvalue weighted by Gasteiger charge is -2.07. The maximum Gasteiger partial charge on any atom is 0.295 e. The van der Waals surface area contributed by atoms with Crippen molar-refractivity contribution in [2.45, 2.75) is 9.79 Å². The predicted octanol–water partition coefficient (Wildman–Crippen LogP) is 0.839. The topological polar surface area (TPSA) is 129 Å². The van der Waals surface area contributed by atoms with E-state index in [4.69, 9.17) is 9.11 Å². The molecule has 7 nitrogen and oxygen atoms in total. The fraction of sp³-hybridized carbons (Fsp3) is 0. The van der Waals surface area contributed by atoms with Gasteiger partial charge in [0.25, 0.3) is 20.2 Å². The molecular formula is C10H7O7S2. The number of phenols is 1. The van der Waals surface area contributed by atoms with E-state index in [-0.39, 0.29) is 10.8 Å². The van der Waals surface area contributed by atoms with Crippen LogP contribution in [0.15, 0.2) is 34.1 Å². The van der Waals surface area contributed by atoms with E-state index in [1.165, 1.54) is 0 Å². The lowest BCUT2D eigenvalue weighted by atomic mass is 10.1. The van der Waals surface area contributed by atoms with Gasteiger partial charge in [-0.3, -0.25) is 9.11 Å². The summed E-state index contributed by atoms with van der Waals surface area (Å²) in [6, 6.07) is 6.03. The largest absolute Gasteiger partial charge is 0.507 e. The molecule has 3 N–H and O–H groups in total. The molecule has 0 unspecified atom stereocenters. The van der Waals surface area contributed by atoms with Crippen LogP contribution in [0.4, 0.5) is 0 Å². The molecule has 0 spiro atoms. The maximum atomic E-state index is 11.2. The van der Waals surface area contributed by atoms with Gasteiger partial charge in [-0.15, -0.1) is 0 Å². The molecule has 9 heteroatoms. The molecule has 0 aliphatic heterocycles. The second kappa shape index (κ2) is 4.17. The highest BCUT2D eigenvalue weighted by atomic mass is 32.2. The van der Waals surface area contributed by atoms with Gasteiger partial charge in [0.15, 0.2) is 0 Å². The van der Waals surface area contributed by atoms with Gasteiger partial charge in [0.1, 0.15) is 15.5 Å². The van der Waals surface area contributed by atoms with Crippen LogP contribution in [0.3, 0.4) is 0 Å². The molecule has 0 saturated heterocycles. The molecule has 2 aromatic rings. The Balaban J connectivity index is 3.05. The fourth-order valence-electron chi connectivity index (χ4n) is 1.65. The van der Waals surface area contributed by atoms with Crippen molar-refractivity contribution in [3.63, 3.8) is 0 Å². The third kappa shape index (κ3) is 2.54. The lowest BCUT2D eigenvalue weighted by Crippen LogP contribution is -2.04. The van der Waals surface area contributed by atoms with Crippen molar-refractivity contribution in [1.82, 2.24) is 0 Å². The first-order valence-corrected chi connectivity index (χ1v) is 7.62. The summed E-state index contributed by atoms with van der Waals surface area (Å²) in [5.41, 5.74) is 0. The van der Waals surface area contributed by atoms with Crippen molar-refractivity contribution in [2.24, 2.45) is 0 Å². The van der Waals surface area contributed by atoms with Gasteiger partial charge in [-0.25, -0.2) is 0 Å². The Labute approximate surface area is 108 Å². The summed E-state index contributed by atoms with van der Waals surface area (Å²) in [7, 11) is -9.21. The molecule has 2 aromatic carbocycles. The van der Waals surface area contributed by atoms with Crippen molar-refractivity contribution in [1.29, 1.82) is 0 Å². The molecule has 1 radical (unpaired) electrons. The van der Waals surface area contributed by atoms with Crippen LogP contribution in [0.2, 0.25) is 0 Å². The van der Waals surface area contributed by atoms with Gasteiger partial charge in [-0.1, -0.05) is 0 Å². The monoisotopic (exact) mass is 303 g/mol. The van der Waals surface area contributed by atoms with Crippen molar-refractivity contribution in [3.8, 4) is 5.75 Å². The Bertz CT molecular complexity index is 866. The quantitative estimate of drug-likeness (QED) is 0.701. The van der Waals surface area contributed by atoms with E-state index in [0.29, 0.717) is 0 Å². The predicted molar refractivity (Wildman–Crippen MR) is 64.1 cm³/mol. The van der Waals surface area contributed by atoms with Crippen LogP contribution in [0, 0.1) is 6.07 Å². The Morgan fingerprint density at radius 2 is 1.37 bits per heavy atom. The van der Waals surface area contributed by atoms with Crippen molar-refractivity contribution in [2.75, 3.05) is 0 Å². The summed E-state index contributed by atoms with van der Waals surface area (Å²) in [5.74, 6) is -0.440. The molecule has 0 atom stereocenters. The van der Waals surface area contributed by atoms with Crippen LogP contribution >= 0.6 is 0 Å². The number of hydrogen-bond acceptors (Lipinski definition) is 5. The van der Waals surface area contributed by atoms with Gasteiger partial charge >= 0.3 is 0 Å². The van der Waals surface area contributed by atoms with Gasteiger partial charge in [0, 0.05) is 16.8 Å². The number of aromatic hydroxyl groups is 1. The van der Waals surface area contributed by atoms with Crippen molar-refractivity contribution in [3.05, 3.63) is 30.3 Å². The molecule has 101 valence electrons. The summed E-state index contributed by atoms with van der Waals surface area (Å²) in [4.78, 5) is -1.17. The first-order chi connectivity index (χ1) is 8.60. The summed E-state index contributed by atoms with van der Waals surface area (Å²) < 4.78 is 62.7. The van der Waals surface area contributed by atoms with Crippen LogP contribution < -0.4 is 0 Å². The molecule has 0 aliphatic carbocycles. The van der Waals surface area contributed by atoms with Crippen LogP contribution in [-0.4, -0.2) is 31.0 Å². The van der Waals surface area contributed by atoms with Gasteiger partial charge in [-0.2, -0.15) is 16.8 Å². The molecule has 0 bridgehead atoms. The van der Waals surface area contributed by atoms with E-state index in [9.17, 15) is 21.9 Å². The summed E-state index contributed by atoms with van der Waals surface area (Å²) in [6.45, 7) is 0. The molecule has 2 rings (SSSR count). The maximum absolute atomic E-state index is 11.2. The Hall–Kier alpha value is -1.68. The van der Waals surface area contributed by atoms with E-state index >= 15 is 0 Å². The second-order valence-corrected chi connectivity index (χ2v) is 6.42. The molecule has 0 fully saturated rings. The van der Waals surface area contributed by atoms with Gasteiger partial charge in [-0.05, 0) is 24.3 Å². The SMILES string of the molecule is O=S(=O)(O)c1ccc(S(=O)(=O)O)c2ccc(O)[c]c12. The van der Waals surface area contributed by atoms with Gasteiger partial charge < -0.3 is 5.11 Å². The molecule has 19 heavy (non-hydrogen) atoms. The first-order valence-electron chi connectivity index (χ1n) is 4.74. The molecule has 0 aliphatic rings. The fourth-order valence-corrected chi connectivity index (χ4v) is 2.99. The van der Waals surface area contributed by atoms with E-state index < -0.39 is 35.8 Å². The molecule has 0 heterocycles. The number of hydrogen-bond donors (Lipinski definition) is 3. The van der Waals surface area contributed by atoms with E-state index in [0.717, 1.165) is 24.3 Å². The highest BCUT2D eigenvalue weighted by Crippen LogP contribution is 2.30. The zero-order chi connectivity index (χ0) is 14.4.